The smallest absolute Gasteiger partial charge is 0.318 e. The van der Waals surface area contributed by atoms with E-state index in [1.165, 1.54) is 7.11 Å². The van der Waals surface area contributed by atoms with Gasteiger partial charge in [-0.15, -0.1) is 0 Å². The molecule has 0 radical (unpaired) electrons. The lowest BCUT2D eigenvalue weighted by atomic mass is 10.2. The van der Waals surface area contributed by atoms with Gasteiger partial charge in [-0.3, -0.25) is 4.79 Å². The van der Waals surface area contributed by atoms with Crippen LogP contribution in [0, 0.1) is 0 Å². The van der Waals surface area contributed by atoms with Crippen molar-refractivity contribution in [1.82, 2.24) is 4.31 Å². The van der Waals surface area contributed by atoms with Crippen molar-refractivity contribution in [1.29, 1.82) is 0 Å². The Bertz CT molecular complexity index is 526. The van der Waals surface area contributed by atoms with Gasteiger partial charge >= 0.3 is 5.97 Å². The number of carboxylic acids is 1. The number of carboxylic acid groups (broad SMARTS) is 1. The van der Waals surface area contributed by atoms with Crippen LogP contribution in [0.2, 0.25) is 0 Å². The summed E-state index contributed by atoms with van der Waals surface area (Å²) in [6.45, 7) is -0.557. The van der Waals surface area contributed by atoms with Gasteiger partial charge in [0.05, 0.1) is 13.4 Å². The lowest BCUT2D eigenvalue weighted by Crippen LogP contribution is -2.34. The normalized spacial score (nSPS) is 11.5. The second-order valence-electron chi connectivity index (χ2n) is 3.78. The Morgan fingerprint density at radius 2 is 2.11 bits per heavy atom. The van der Waals surface area contributed by atoms with Crippen LogP contribution in [0.1, 0.15) is 5.56 Å². The van der Waals surface area contributed by atoms with Crippen molar-refractivity contribution in [2.24, 2.45) is 0 Å². The Morgan fingerprint density at radius 3 is 2.61 bits per heavy atom. The Hall–Kier alpha value is -1.60. The second-order valence-corrected chi connectivity index (χ2v) is 5.76. The fourth-order valence-electron chi connectivity index (χ4n) is 1.42. The summed E-state index contributed by atoms with van der Waals surface area (Å²) in [4.78, 5) is 10.6. The summed E-state index contributed by atoms with van der Waals surface area (Å²) in [6, 6.07) is 6.82. The highest BCUT2D eigenvalue weighted by Gasteiger charge is 2.20. The number of ether oxygens (including phenoxy) is 1. The first-order valence-corrected chi connectivity index (χ1v) is 6.97. The molecular weight excluding hydrogens is 258 g/mol. The zero-order valence-corrected chi connectivity index (χ0v) is 11.0. The topological polar surface area (TPSA) is 83.9 Å². The predicted octanol–water partition coefficient (Wildman–Crippen LogP) is 0.541. The quantitative estimate of drug-likeness (QED) is 0.818. The van der Waals surface area contributed by atoms with Gasteiger partial charge in [0.25, 0.3) is 0 Å². The minimum absolute atomic E-state index is 0.00231. The average Bonchev–Trinajstić information content (AvgIpc) is 2.26. The highest BCUT2D eigenvalue weighted by Crippen LogP contribution is 2.15. The van der Waals surface area contributed by atoms with Crippen molar-refractivity contribution >= 4 is 16.0 Å². The fourth-order valence-corrected chi connectivity index (χ4v) is 2.14. The standard InChI is InChI=1S/C11H15NO5S/c1-17-10-5-3-4-9(6-10)7-12(8-11(13)14)18(2,15)16/h3-6H,7-8H2,1-2H3,(H,13,14). The van der Waals surface area contributed by atoms with Gasteiger partial charge < -0.3 is 9.84 Å². The maximum atomic E-state index is 11.5. The van der Waals surface area contributed by atoms with Crippen molar-refractivity contribution in [3.63, 3.8) is 0 Å². The molecule has 0 heterocycles. The summed E-state index contributed by atoms with van der Waals surface area (Å²) in [5.74, 6) is -0.598. The van der Waals surface area contributed by atoms with Gasteiger partial charge in [-0.1, -0.05) is 12.1 Å². The molecule has 0 amide bonds. The lowest BCUT2D eigenvalue weighted by Gasteiger charge is -2.18. The van der Waals surface area contributed by atoms with Crippen LogP contribution in [0.5, 0.6) is 5.75 Å². The van der Waals surface area contributed by atoms with Crippen LogP contribution in [0.25, 0.3) is 0 Å². The van der Waals surface area contributed by atoms with E-state index in [9.17, 15) is 13.2 Å². The molecule has 1 aromatic carbocycles. The highest BCUT2D eigenvalue weighted by atomic mass is 32.2. The van der Waals surface area contributed by atoms with E-state index in [0.29, 0.717) is 11.3 Å². The third kappa shape index (κ3) is 4.34. The summed E-state index contributed by atoms with van der Waals surface area (Å²) in [6.07, 6.45) is 0.982. The van der Waals surface area contributed by atoms with E-state index in [0.717, 1.165) is 10.6 Å². The Morgan fingerprint density at radius 1 is 1.44 bits per heavy atom. The molecule has 1 N–H and O–H groups in total. The van der Waals surface area contributed by atoms with E-state index in [1.807, 2.05) is 0 Å². The minimum atomic E-state index is -3.57. The molecule has 6 nitrogen and oxygen atoms in total. The SMILES string of the molecule is COc1cccc(CN(CC(=O)O)S(C)(=O)=O)c1. The number of hydrogen-bond donors (Lipinski definition) is 1. The number of sulfonamides is 1. The van der Waals surface area contributed by atoms with E-state index in [4.69, 9.17) is 9.84 Å². The molecule has 0 spiro atoms. The summed E-state index contributed by atoms with van der Waals surface area (Å²) < 4.78 is 28.8. The van der Waals surface area contributed by atoms with Gasteiger partial charge in [0, 0.05) is 6.54 Å². The molecule has 1 aromatic rings. The number of hydrogen-bond acceptors (Lipinski definition) is 4. The number of benzene rings is 1. The van der Waals surface area contributed by atoms with Crippen LogP contribution in [-0.2, 0) is 21.4 Å². The van der Waals surface area contributed by atoms with E-state index in [1.54, 1.807) is 24.3 Å². The molecule has 7 heteroatoms. The molecule has 0 fully saturated rings. The van der Waals surface area contributed by atoms with Gasteiger partial charge in [-0.25, -0.2) is 8.42 Å². The fraction of sp³-hybridized carbons (Fsp3) is 0.364. The molecular formula is C11H15NO5S. The van der Waals surface area contributed by atoms with Crippen LogP contribution in [0.4, 0.5) is 0 Å². The lowest BCUT2D eigenvalue weighted by molar-refractivity contribution is -0.137. The largest absolute Gasteiger partial charge is 0.497 e. The summed E-state index contributed by atoms with van der Waals surface area (Å²) >= 11 is 0. The monoisotopic (exact) mass is 273 g/mol. The molecule has 0 saturated heterocycles. The Labute approximate surface area is 106 Å². The zero-order valence-electron chi connectivity index (χ0n) is 10.2. The van der Waals surface area contributed by atoms with E-state index < -0.39 is 22.5 Å². The molecule has 0 aliphatic rings. The van der Waals surface area contributed by atoms with E-state index >= 15 is 0 Å². The molecule has 0 aliphatic heterocycles. The van der Waals surface area contributed by atoms with E-state index in [2.05, 4.69) is 0 Å². The summed E-state index contributed by atoms with van der Waals surface area (Å²) in [7, 11) is -2.06. The number of nitrogens with zero attached hydrogens (tertiary/aromatic N) is 1. The van der Waals surface area contributed by atoms with E-state index in [-0.39, 0.29) is 6.54 Å². The first-order chi connectivity index (χ1) is 8.32. The van der Waals surface area contributed by atoms with Gasteiger partial charge in [0.2, 0.25) is 10.0 Å². The van der Waals surface area contributed by atoms with Gasteiger partial charge in [-0.05, 0) is 17.7 Å². The zero-order chi connectivity index (χ0) is 13.8. The Balaban J connectivity index is 2.92. The average molecular weight is 273 g/mol. The van der Waals surface area contributed by atoms with Crippen molar-refractivity contribution in [2.75, 3.05) is 19.9 Å². The molecule has 0 aromatic heterocycles. The first kappa shape index (κ1) is 14.5. The summed E-state index contributed by atoms with van der Waals surface area (Å²) in [5, 5.41) is 8.70. The van der Waals surface area contributed by atoms with Crippen molar-refractivity contribution in [3.8, 4) is 5.75 Å². The van der Waals surface area contributed by atoms with Crippen molar-refractivity contribution < 1.29 is 23.1 Å². The van der Waals surface area contributed by atoms with Crippen LogP contribution in [0.15, 0.2) is 24.3 Å². The van der Waals surface area contributed by atoms with Gasteiger partial charge in [0.15, 0.2) is 0 Å². The Kier molecular flexibility index (Phi) is 4.69. The maximum absolute atomic E-state index is 11.5. The van der Waals surface area contributed by atoms with Gasteiger partial charge in [-0.2, -0.15) is 4.31 Å². The molecule has 100 valence electrons. The third-order valence-electron chi connectivity index (χ3n) is 2.27. The molecule has 0 atom stereocenters. The second kappa shape index (κ2) is 5.83. The molecule has 0 bridgehead atoms. The van der Waals surface area contributed by atoms with Crippen molar-refractivity contribution in [2.45, 2.75) is 6.54 Å². The number of methoxy groups -OCH3 is 1. The highest BCUT2D eigenvalue weighted by molar-refractivity contribution is 7.88. The minimum Gasteiger partial charge on any atom is -0.497 e. The number of carbonyl (C=O) groups is 1. The van der Waals surface area contributed by atoms with Crippen molar-refractivity contribution in [3.05, 3.63) is 29.8 Å². The molecule has 0 saturated carbocycles. The maximum Gasteiger partial charge on any atom is 0.318 e. The molecule has 18 heavy (non-hydrogen) atoms. The number of aliphatic carboxylic acids is 1. The van der Waals surface area contributed by atoms with Crippen LogP contribution in [0.3, 0.4) is 0 Å². The number of rotatable bonds is 6. The predicted molar refractivity (Wildman–Crippen MR) is 65.9 cm³/mol. The van der Waals surface area contributed by atoms with Crippen LogP contribution >= 0.6 is 0 Å². The first-order valence-electron chi connectivity index (χ1n) is 5.13. The van der Waals surface area contributed by atoms with Crippen LogP contribution in [-0.4, -0.2) is 43.7 Å². The molecule has 0 unspecified atom stereocenters. The molecule has 0 aliphatic carbocycles. The third-order valence-corrected chi connectivity index (χ3v) is 3.47. The van der Waals surface area contributed by atoms with Gasteiger partial charge in [0.1, 0.15) is 12.3 Å². The van der Waals surface area contributed by atoms with Crippen LogP contribution < -0.4 is 4.74 Å². The summed E-state index contributed by atoms with van der Waals surface area (Å²) in [5.41, 5.74) is 0.668. The molecule has 1 rings (SSSR count).